The van der Waals surface area contributed by atoms with E-state index in [-0.39, 0.29) is 31.2 Å². The van der Waals surface area contributed by atoms with Crippen molar-refractivity contribution < 1.29 is 4.39 Å². The van der Waals surface area contributed by atoms with Crippen LogP contribution in [-0.4, -0.2) is 25.9 Å². The lowest BCUT2D eigenvalue weighted by atomic mass is 10.3. The van der Waals surface area contributed by atoms with Crippen LogP contribution in [0.5, 0.6) is 0 Å². The van der Waals surface area contributed by atoms with Gasteiger partial charge in [0, 0.05) is 6.54 Å². The Hall–Kier alpha value is -1.51. The van der Waals surface area contributed by atoms with Gasteiger partial charge in [-0.1, -0.05) is 0 Å². The molecule has 9 heteroatoms. The molecule has 0 radical (unpaired) electrons. The fraction of sp³-hybridized carbons (Fsp3) is 0.182. The average Bonchev–Trinajstić information content (AvgIpc) is 2.78. The van der Waals surface area contributed by atoms with Gasteiger partial charge in [-0.25, -0.2) is 23.4 Å². The molecule has 108 valence electrons. The summed E-state index contributed by atoms with van der Waals surface area (Å²) in [6, 6.07) is 3.44. The molecule has 0 aromatic carbocycles. The Balaban J connectivity index is 0.00000200. The van der Waals surface area contributed by atoms with Crippen molar-refractivity contribution in [1.29, 1.82) is 0 Å². The molecule has 0 saturated carbocycles. The maximum absolute atomic E-state index is 12.4. The first-order chi connectivity index (χ1) is 9.15. The van der Waals surface area contributed by atoms with Gasteiger partial charge in [-0.15, -0.1) is 12.4 Å². The van der Waals surface area contributed by atoms with Gasteiger partial charge in [-0.05, 0) is 33.6 Å². The Morgan fingerprint density at radius 3 is 2.80 bits per heavy atom. The van der Waals surface area contributed by atoms with E-state index in [0.717, 1.165) is 4.68 Å². The van der Waals surface area contributed by atoms with Gasteiger partial charge < -0.3 is 5.73 Å². The maximum atomic E-state index is 12.4. The van der Waals surface area contributed by atoms with Crippen LogP contribution in [-0.2, 0) is 6.54 Å². The van der Waals surface area contributed by atoms with Crippen molar-refractivity contribution in [3.8, 4) is 5.69 Å². The standard InChI is InChI=1S/C11H11BrFN5O.ClH/c12-10-2-1-9(5-15-10)17-7-16-18(11(17)19)6-8(3-13)4-14;/h1-3,5,7H,4,6,14H2;1H/b8-3+;. The van der Waals surface area contributed by atoms with Gasteiger partial charge in [0.1, 0.15) is 10.9 Å². The molecule has 0 saturated heterocycles. The van der Waals surface area contributed by atoms with Gasteiger partial charge >= 0.3 is 5.69 Å². The second kappa shape index (κ2) is 7.32. The lowest BCUT2D eigenvalue weighted by molar-refractivity contribution is 0.612. The zero-order chi connectivity index (χ0) is 13.8. The topological polar surface area (TPSA) is 78.7 Å². The van der Waals surface area contributed by atoms with Crippen LogP contribution in [0.25, 0.3) is 5.69 Å². The lowest BCUT2D eigenvalue weighted by Gasteiger charge is -2.01. The van der Waals surface area contributed by atoms with E-state index in [1.807, 2.05) is 0 Å². The second-order valence-corrected chi connectivity index (χ2v) is 4.56. The summed E-state index contributed by atoms with van der Waals surface area (Å²) >= 11 is 3.21. The highest BCUT2D eigenvalue weighted by Gasteiger charge is 2.08. The molecule has 0 aliphatic carbocycles. The first kappa shape index (κ1) is 16.5. The van der Waals surface area contributed by atoms with Crippen molar-refractivity contribution in [1.82, 2.24) is 19.3 Å². The quantitative estimate of drug-likeness (QED) is 0.832. The summed E-state index contributed by atoms with van der Waals surface area (Å²) in [7, 11) is 0. The number of nitrogens with zero attached hydrogens (tertiary/aromatic N) is 4. The van der Waals surface area contributed by atoms with Crippen molar-refractivity contribution in [2.45, 2.75) is 6.54 Å². The third-order valence-corrected chi connectivity index (χ3v) is 2.96. The first-order valence-corrected chi connectivity index (χ1v) is 6.19. The molecule has 2 heterocycles. The SMILES string of the molecule is Cl.NC/C(=C\F)Cn1ncn(-c2ccc(Br)nc2)c1=O. The van der Waals surface area contributed by atoms with E-state index < -0.39 is 0 Å². The number of aromatic nitrogens is 4. The number of hydrogen-bond acceptors (Lipinski definition) is 4. The minimum absolute atomic E-state index is 0. The van der Waals surface area contributed by atoms with E-state index >= 15 is 0 Å². The van der Waals surface area contributed by atoms with Crippen LogP contribution >= 0.6 is 28.3 Å². The molecule has 0 spiro atoms. The number of halogens is 3. The highest BCUT2D eigenvalue weighted by Crippen LogP contribution is 2.08. The Kier molecular flexibility index (Phi) is 6.05. The molecule has 6 nitrogen and oxygen atoms in total. The minimum Gasteiger partial charge on any atom is -0.327 e. The molecule has 2 aromatic heterocycles. The highest BCUT2D eigenvalue weighted by atomic mass is 79.9. The molecular formula is C11H12BrClFN5O. The molecule has 0 unspecified atom stereocenters. The maximum Gasteiger partial charge on any atom is 0.350 e. The zero-order valence-corrected chi connectivity index (χ0v) is 12.6. The Morgan fingerprint density at radius 1 is 1.50 bits per heavy atom. The van der Waals surface area contributed by atoms with E-state index in [2.05, 4.69) is 26.0 Å². The predicted molar refractivity (Wildman–Crippen MR) is 78.8 cm³/mol. The van der Waals surface area contributed by atoms with Crippen LogP contribution in [0.1, 0.15) is 0 Å². The molecule has 2 rings (SSSR count). The van der Waals surface area contributed by atoms with Crippen LogP contribution in [0.4, 0.5) is 4.39 Å². The number of nitrogens with two attached hydrogens (primary N) is 1. The minimum atomic E-state index is -0.378. The van der Waals surface area contributed by atoms with E-state index in [9.17, 15) is 9.18 Å². The van der Waals surface area contributed by atoms with E-state index in [1.165, 1.54) is 17.1 Å². The van der Waals surface area contributed by atoms with Gasteiger partial charge in [0.05, 0.1) is 24.8 Å². The van der Waals surface area contributed by atoms with Gasteiger partial charge in [-0.3, -0.25) is 0 Å². The summed E-state index contributed by atoms with van der Waals surface area (Å²) in [5.74, 6) is 0. The molecule has 0 fully saturated rings. The Bertz CT molecular complexity index is 652. The summed E-state index contributed by atoms with van der Waals surface area (Å²) in [4.78, 5) is 16.1. The summed E-state index contributed by atoms with van der Waals surface area (Å²) in [6.45, 7) is 0.0679. The van der Waals surface area contributed by atoms with Gasteiger partial charge in [-0.2, -0.15) is 5.10 Å². The van der Waals surface area contributed by atoms with Crippen molar-refractivity contribution >= 4 is 28.3 Å². The Morgan fingerprint density at radius 2 is 2.25 bits per heavy atom. The first-order valence-electron chi connectivity index (χ1n) is 5.40. The molecule has 0 bridgehead atoms. The smallest absolute Gasteiger partial charge is 0.327 e. The van der Waals surface area contributed by atoms with Crippen molar-refractivity contribution in [2.75, 3.05) is 6.54 Å². The average molecular weight is 365 g/mol. The van der Waals surface area contributed by atoms with Crippen LogP contribution in [0.3, 0.4) is 0 Å². The van der Waals surface area contributed by atoms with Crippen molar-refractivity contribution in [3.05, 3.63) is 51.6 Å². The van der Waals surface area contributed by atoms with E-state index in [1.54, 1.807) is 12.1 Å². The summed E-state index contributed by atoms with van der Waals surface area (Å²) in [5.41, 5.74) is 5.84. The predicted octanol–water partition coefficient (Wildman–Crippen LogP) is 1.43. The normalized spacial score (nSPS) is 11.2. The molecule has 0 atom stereocenters. The number of hydrogen-bond donors (Lipinski definition) is 1. The van der Waals surface area contributed by atoms with E-state index in [0.29, 0.717) is 22.2 Å². The molecule has 0 aliphatic heterocycles. The molecule has 20 heavy (non-hydrogen) atoms. The monoisotopic (exact) mass is 363 g/mol. The van der Waals surface area contributed by atoms with Crippen LogP contribution in [0.15, 0.2) is 46.0 Å². The summed E-state index contributed by atoms with van der Waals surface area (Å²) in [5, 5.41) is 3.91. The largest absolute Gasteiger partial charge is 0.350 e. The van der Waals surface area contributed by atoms with Crippen LogP contribution in [0.2, 0.25) is 0 Å². The number of rotatable bonds is 4. The van der Waals surface area contributed by atoms with Crippen molar-refractivity contribution in [2.24, 2.45) is 5.73 Å². The fourth-order valence-corrected chi connectivity index (χ4v) is 1.70. The summed E-state index contributed by atoms with van der Waals surface area (Å²) in [6.07, 6.45) is 3.29. The van der Waals surface area contributed by atoms with Gasteiger partial charge in [0.15, 0.2) is 0 Å². The third kappa shape index (κ3) is 3.53. The molecule has 0 aliphatic rings. The number of pyridine rings is 1. The molecule has 2 aromatic rings. The van der Waals surface area contributed by atoms with E-state index in [4.69, 9.17) is 5.73 Å². The van der Waals surface area contributed by atoms with Crippen LogP contribution < -0.4 is 11.4 Å². The fourth-order valence-electron chi connectivity index (χ4n) is 1.47. The van der Waals surface area contributed by atoms with Crippen molar-refractivity contribution in [3.63, 3.8) is 0 Å². The van der Waals surface area contributed by atoms with Crippen LogP contribution in [0, 0.1) is 0 Å². The third-order valence-electron chi connectivity index (χ3n) is 2.49. The van der Waals surface area contributed by atoms with Gasteiger partial charge in [0.2, 0.25) is 0 Å². The molecular weight excluding hydrogens is 353 g/mol. The zero-order valence-electron chi connectivity index (χ0n) is 10.2. The second-order valence-electron chi connectivity index (χ2n) is 3.75. The highest BCUT2D eigenvalue weighted by molar-refractivity contribution is 9.10. The Labute approximate surface area is 128 Å². The summed E-state index contributed by atoms with van der Waals surface area (Å²) < 4.78 is 15.6. The molecule has 2 N–H and O–H groups in total. The van der Waals surface area contributed by atoms with Gasteiger partial charge in [0.25, 0.3) is 0 Å². The molecule has 0 amide bonds. The lowest BCUT2D eigenvalue weighted by Crippen LogP contribution is -2.26.